The minimum absolute atomic E-state index is 0.216. The van der Waals surface area contributed by atoms with E-state index in [-0.39, 0.29) is 31.0 Å². The lowest BCUT2D eigenvalue weighted by atomic mass is 10.2. The van der Waals surface area contributed by atoms with Crippen LogP contribution in [0.15, 0.2) is 24.4 Å². The minimum Gasteiger partial charge on any atom is -0.454 e. The Morgan fingerprint density at radius 2 is 2.20 bits per heavy atom. The number of hydrogen-bond acceptors (Lipinski definition) is 7. The van der Waals surface area contributed by atoms with Gasteiger partial charge in [0.05, 0.1) is 19.4 Å². The molecule has 132 valence electrons. The van der Waals surface area contributed by atoms with Gasteiger partial charge >= 0.3 is 0 Å². The Kier molecular flexibility index (Phi) is 4.02. The molecule has 0 aliphatic carbocycles. The summed E-state index contributed by atoms with van der Waals surface area (Å²) in [4.78, 5) is 14.1. The van der Waals surface area contributed by atoms with Crippen LogP contribution >= 0.6 is 0 Å². The van der Waals surface area contributed by atoms with Gasteiger partial charge in [-0.25, -0.2) is 4.68 Å². The molecule has 9 nitrogen and oxygen atoms in total. The summed E-state index contributed by atoms with van der Waals surface area (Å²) < 4.78 is 17.3. The normalized spacial score (nSPS) is 21.5. The first-order chi connectivity index (χ1) is 12.1. The second-order valence-electron chi connectivity index (χ2n) is 6.10. The van der Waals surface area contributed by atoms with E-state index in [2.05, 4.69) is 10.3 Å². The van der Waals surface area contributed by atoms with Crippen molar-refractivity contribution in [2.24, 2.45) is 0 Å². The molecular weight excluding hydrogens is 328 g/mol. The third kappa shape index (κ3) is 3.03. The molecule has 1 aromatic heterocycles. The maximum Gasteiger partial charge on any atom is 0.276 e. The van der Waals surface area contributed by atoms with Gasteiger partial charge < -0.3 is 24.2 Å². The van der Waals surface area contributed by atoms with Crippen molar-refractivity contribution in [3.63, 3.8) is 0 Å². The number of aliphatic hydroxyl groups is 1. The van der Waals surface area contributed by atoms with Crippen LogP contribution in [0.5, 0.6) is 11.5 Å². The highest BCUT2D eigenvalue weighted by atomic mass is 16.7. The predicted octanol–water partition coefficient (Wildman–Crippen LogP) is 0.211. The molecule has 3 heterocycles. The van der Waals surface area contributed by atoms with Crippen LogP contribution in [0, 0.1) is 0 Å². The van der Waals surface area contributed by atoms with Crippen LogP contribution in [0.2, 0.25) is 0 Å². The molecule has 9 heteroatoms. The number of hydrogen-bond donors (Lipinski definition) is 1. The van der Waals surface area contributed by atoms with E-state index in [1.165, 1.54) is 4.68 Å². The van der Waals surface area contributed by atoms with Crippen molar-refractivity contribution >= 4 is 5.91 Å². The van der Waals surface area contributed by atoms with Crippen molar-refractivity contribution < 1.29 is 24.1 Å². The molecule has 4 rings (SSSR count). The minimum atomic E-state index is -0.643. The molecule has 0 spiro atoms. The van der Waals surface area contributed by atoms with E-state index in [1.807, 2.05) is 18.2 Å². The Morgan fingerprint density at radius 3 is 3.00 bits per heavy atom. The zero-order valence-electron chi connectivity index (χ0n) is 13.7. The fraction of sp³-hybridized carbons (Fsp3) is 0.438. The highest BCUT2D eigenvalue weighted by Crippen LogP contribution is 2.32. The van der Waals surface area contributed by atoms with Gasteiger partial charge in [-0.1, -0.05) is 11.3 Å². The number of aromatic nitrogens is 3. The molecule has 1 saturated heterocycles. The van der Waals surface area contributed by atoms with Gasteiger partial charge in [0.1, 0.15) is 12.1 Å². The zero-order valence-corrected chi connectivity index (χ0v) is 13.7. The summed E-state index contributed by atoms with van der Waals surface area (Å²) >= 11 is 0. The number of carbonyl (C=O) groups excluding carboxylic acids is 1. The highest BCUT2D eigenvalue weighted by Gasteiger charge is 2.30. The molecule has 1 amide bonds. The predicted molar refractivity (Wildman–Crippen MR) is 84.2 cm³/mol. The third-order valence-corrected chi connectivity index (χ3v) is 4.29. The van der Waals surface area contributed by atoms with Crippen LogP contribution in [0.25, 0.3) is 0 Å². The molecule has 2 aliphatic heterocycles. The number of fused-ring (bicyclic) bond motifs is 1. The molecule has 2 aliphatic rings. The number of amides is 1. The Morgan fingerprint density at radius 1 is 1.36 bits per heavy atom. The van der Waals surface area contributed by atoms with Crippen LogP contribution < -0.4 is 9.47 Å². The van der Waals surface area contributed by atoms with Gasteiger partial charge in [-0.2, -0.15) is 0 Å². The zero-order chi connectivity index (χ0) is 17.4. The van der Waals surface area contributed by atoms with Crippen LogP contribution in [0.3, 0.4) is 0 Å². The van der Waals surface area contributed by atoms with Crippen LogP contribution in [0.4, 0.5) is 0 Å². The van der Waals surface area contributed by atoms with Gasteiger partial charge in [0.25, 0.3) is 5.91 Å². The summed E-state index contributed by atoms with van der Waals surface area (Å²) in [6.07, 6.45) is 0.900. The number of carbonyl (C=O) groups is 1. The van der Waals surface area contributed by atoms with Gasteiger partial charge in [-0.15, -0.1) is 5.10 Å². The molecule has 1 N–H and O–H groups in total. The Balaban J connectivity index is 1.44. The van der Waals surface area contributed by atoms with E-state index in [4.69, 9.17) is 14.2 Å². The van der Waals surface area contributed by atoms with Crippen molar-refractivity contribution in [3.8, 4) is 11.5 Å². The average Bonchev–Trinajstić information content (AvgIpc) is 3.33. The Labute approximate surface area is 143 Å². The van der Waals surface area contributed by atoms with E-state index in [0.29, 0.717) is 24.7 Å². The lowest BCUT2D eigenvalue weighted by molar-refractivity contribution is 0.0778. The van der Waals surface area contributed by atoms with Gasteiger partial charge in [-0.05, 0) is 17.7 Å². The number of ether oxygens (including phenoxy) is 3. The molecule has 2 atom stereocenters. The van der Waals surface area contributed by atoms with Crippen molar-refractivity contribution in [1.29, 1.82) is 0 Å². The topological polar surface area (TPSA) is 98.9 Å². The van der Waals surface area contributed by atoms with Gasteiger partial charge in [-0.3, -0.25) is 4.79 Å². The molecule has 0 saturated carbocycles. The maximum atomic E-state index is 12.6. The summed E-state index contributed by atoms with van der Waals surface area (Å²) in [5.74, 6) is 1.13. The Hall–Kier alpha value is -2.65. The number of aliphatic hydroxyl groups excluding tert-OH is 1. The van der Waals surface area contributed by atoms with Gasteiger partial charge in [0.2, 0.25) is 6.79 Å². The van der Waals surface area contributed by atoms with Crippen molar-refractivity contribution in [2.75, 3.05) is 27.1 Å². The second-order valence-corrected chi connectivity index (χ2v) is 6.10. The summed E-state index contributed by atoms with van der Waals surface area (Å²) in [7, 11) is 1.69. The first-order valence-corrected chi connectivity index (χ1v) is 7.93. The Bertz CT molecular complexity index is 793. The largest absolute Gasteiger partial charge is 0.454 e. The lowest BCUT2D eigenvalue weighted by Crippen LogP contribution is -2.26. The average molecular weight is 346 g/mol. The standard InChI is InChI=1S/C16H18N4O5/c1-19(5-10-2-3-14-15(4-10)25-9-24-14)16(22)11-6-20(18-17-11)12-7-23-8-13(12)21/h2-4,6,12-13,21H,5,7-9H2,1H3/t12-,13-/m1/s1. The van der Waals surface area contributed by atoms with Gasteiger partial charge in [0.15, 0.2) is 17.2 Å². The molecule has 1 fully saturated rings. The van der Waals surface area contributed by atoms with Crippen LogP contribution in [0.1, 0.15) is 22.1 Å². The van der Waals surface area contributed by atoms with E-state index in [1.54, 1.807) is 18.1 Å². The summed E-state index contributed by atoms with van der Waals surface area (Å²) in [6.45, 7) is 1.23. The molecule has 0 bridgehead atoms. The molecule has 2 aromatic rings. The van der Waals surface area contributed by atoms with Crippen LogP contribution in [-0.2, 0) is 11.3 Å². The fourth-order valence-corrected chi connectivity index (χ4v) is 2.90. The summed E-state index contributed by atoms with van der Waals surface area (Å²) in [5.41, 5.74) is 1.15. The first kappa shape index (κ1) is 15.9. The molecule has 0 unspecified atom stereocenters. The quantitative estimate of drug-likeness (QED) is 0.845. The van der Waals surface area contributed by atoms with Crippen LogP contribution in [-0.4, -0.2) is 64.1 Å². The molecular formula is C16H18N4O5. The summed E-state index contributed by atoms with van der Waals surface area (Å²) in [6, 6.07) is 5.26. The van der Waals surface area contributed by atoms with E-state index in [0.717, 1.165) is 5.56 Å². The first-order valence-electron chi connectivity index (χ1n) is 7.93. The SMILES string of the molecule is CN(Cc1ccc2c(c1)OCO2)C(=O)c1cn([C@@H]2COC[C@H]2O)nn1. The smallest absolute Gasteiger partial charge is 0.276 e. The number of rotatable bonds is 4. The number of nitrogens with zero attached hydrogens (tertiary/aromatic N) is 4. The van der Waals surface area contributed by atoms with E-state index < -0.39 is 6.10 Å². The summed E-state index contributed by atoms with van der Waals surface area (Å²) in [5, 5.41) is 17.7. The van der Waals surface area contributed by atoms with Crippen molar-refractivity contribution in [3.05, 3.63) is 35.7 Å². The highest BCUT2D eigenvalue weighted by molar-refractivity contribution is 5.91. The van der Waals surface area contributed by atoms with Gasteiger partial charge in [0, 0.05) is 13.6 Å². The monoisotopic (exact) mass is 346 g/mol. The molecule has 1 aromatic carbocycles. The fourth-order valence-electron chi connectivity index (χ4n) is 2.90. The number of benzene rings is 1. The van der Waals surface area contributed by atoms with E-state index in [9.17, 15) is 9.90 Å². The third-order valence-electron chi connectivity index (χ3n) is 4.29. The van der Waals surface area contributed by atoms with Crippen molar-refractivity contribution in [1.82, 2.24) is 19.9 Å². The van der Waals surface area contributed by atoms with Crippen molar-refractivity contribution in [2.45, 2.75) is 18.7 Å². The molecule has 25 heavy (non-hydrogen) atoms. The second kappa shape index (κ2) is 6.34. The lowest BCUT2D eigenvalue weighted by Gasteiger charge is -2.16. The molecule has 0 radical (unpaired) electrons. The maximum absolute atomic E-state index is 12.6. The van der Waals surface area contributed by atoms with E-state index >= 15 is 0 Å².